The minimum absolute atomic E-state index is 0.0234. The average molecular weight is 309 g/mol. The molecule has 0 saturated carbocycles. The lowest BCUT2D eigenvalue weighted by Crippen LogP contribution is -2.24. The number of methoxy groups -OCH3 is 1. The maximum Gasteiger partial charge on any atom is 0.222 e. The number of nitrogens with one attached hydrogen (secondary N) is 2. The van der Waals surface area contributed by atoms with Gasteiger partial charge in [0.15, 0.2) is 0 Å². The third-order valence-corrected chi connectivity index (χ3v) is 3.32. The Labute approximate surface area is 135 Å². The molecule has 0 aliphatic carbocycles. The van der Waals surface area contributed by atoms with Crippen molar-refractivity contribution >= 4 is 11.6 Å². The number of nitriles is 1. The molecule has 0 aliphatic rings. The van der Waals surface area contributed by atoms with Gasteiger partial charge in [0.2, 0.25) is 5.91 Å². The van der Waals surface area contributed by atoms with Crippen LogP contribution < -0.4 is 15.4 Å². The van der Waals surface area contributed by atoms with E-state index < -0.39 is 0 Å². The summed E-state index contributed by atoms with van der Waals surface area (Å²) in [4.78, 5) is 11.8. The Bertz CT molecular complexity index is 690. The van der Waals surface area contributed by atoms with Crippen LogP contribution in [0.4, 0.5) is 5.69 Å². The zero-order valence-corrected chi connectivity index (χ0v) is 13.0. The fraction of sp³-hybridized carbons (Fsp3) is 0.222. The van der Waals surface area contributed by atoms with Crippen molar-refractivity contribution in [2.24, 2.45) is 0 Å². The number of benzene rings is 2. The second kappa shape index (κ2) is 8.44. The fourth-order valence-corrected chi connectivity index (χ4v) is 2.05. The van der Waals surface area contributed by atoms with Crippen LogP contribution in [0.1, 0.15) is 17.5 Å². The smallest absolute Gasteiger partial charge is 0.222 e. The molecule has 1 amide bonds. The average Bonchev–Trinajstić information content (AvgIpc) is 2.60. The Hall–Kier alpha value is -3.00. The monoisotopic (exact) mass is 309 g/mol. The second-order valence-corrected chi connectivity index (χ2v) is 4.99. The minimum Gasteiger partial charge on any atom is -0.497 e. The van der Waals surface area contributed by atoms with Gasteiger partial charge in [0.05, 0.1) is 18.7 Å². The Kier molecular flexibility index (Phi) is 6.01. The number of anilines is 1. The molecule has 5 nitrogen and oxygen atoms in total. The predicted molar refractivity (Wildman–Crippen MR) is 89.1 cm³/mol. The first-order chi connectivity index (χ1) is 11.2. The molecule has 0 heterocycles. The van der Waals surface area contributed by atoms with Gasteiger partial charge in [0.25, 0.3) is 0 Å². The van der Waals surface area contributed by atoms with Gasteiger partial charge in [-0.15, -0.1) is 0 Å². The van der Waals surface area contributed by atoms with E-state index in [0.29, 0.717) is 25.1 Å². The van der Waals surface area contributed by atoms with Crippen LogP contribution in [0.3, 0.4) is 0 Å². The predicted octanol–water partition coefficient (Wildman–Crippen LogP) is 2.69. The van der Waals surface area contributed by atoms with Crippen LogP contribution in [0.5, 0.6) is 5.75 Å². The summed E-state index contributed by atoms with van der Waals surface area (Å²) in [5.41, 5.74) is 2.46. The highest BCUT2D eigenvalue weighted by Gasteiger charge is 2.02. The number of carbonyl (C=O) groups excluding carboxylic acids is 1. The van der Waals surface area contributed by atoms with Gasteiger partial charge >= 0.3 is 0 Å². The van der Waals surface area contributed by atoms with Crippen molar-refractivity contribution in [3.05, 3.63) is 59.7 Å². The van der Waals surface area contributed by atoms with E-state index in [1.165, 1.54) is 0 Å². The summed E-state index contributed by atoms with van der Waals surface area (Å²) in [5.74, 6) is 0.772. The molecule has 0 aromatic heterocycles. The van der Waals surface area contributed by atoms with Gasteiger partial charge in [-0.2, -0.15) is 5.26 Å². The SMILES string of the molecule is COc1ccc(CNC(=O)CCNc2cccc(C#N)c2)cc1. The molecule has 0 aliphatic heterocycles. The van der Waals surface area contributed by atoms with Crippen LogP contribution >= 0.6 is 0 Å². The topological polar surface area (TPSA) is 74.2 Å². The lowest BCUT2D eigenvalue weighted by molar-refractivity contribution is -0.121. The van der Waals surface area contributed by atoms with Gasteiger partial charge < -0.3 is 15.4 Å². The summed E-state index contributed by atoms with van der Waals surface area (Å²) < 4.78 is 5.09. The molecule has 2 rings (SSSR count). The van der Waals surface area contributed by atoms with E-state index in [1.54, 1.807) is 19.2 Å². The van der Waals surface area contributed by atoms with E-state index in [0.717, 1.165) is 17.0 Å². The zero-order chi connectivity index (χ0) is 16.5. The number of nitrogens with zero attached hydrogens (tertiary/aromatic N) is 1. The number of rotatable bonds is 7. The Morgan fingerprint density at radius 3 is 2.70 bits per heavy atom. The minimum atomic E-state index is -0.0234. The molecule has 0 atom stereocenters. The van der Waals surface area contributed by atoms with E-state index in [2.05, 4.69) is 16.7 Å². The van der Waals surface area contributed by atoms with E-state index in [9.17, 15) is 4.79 Å². The molecule has 2 N–H and O–H groups in total. The largest absolute Gasteiger partial charge is 0.497 e. The quantitative estimate of drug-likeness (QED) is 0.824. The second-order valence-electron chi connectivity index (χ2n) is 4.99. The molecular weight excluding hydrogens is 290 g/mol. The molecule has 5 heteroatoms. The number of carbonyl (C=O) groups is 1. The number of ether oxygens (including phenoxy) is 1. The van der Waals surface area contributed by atoms with Crippen LogP contribution in [-0.2, 0) is 11.3 Å². The van der Waals surface area contributed by atoms with Gasteiger partial charge in [0, 0.05) is 25.2 Å². The molecule has 0 bridgehead atoms. The number of hydrogen-bond acceptors (Lipinski definition) is 4. The standard InChI is InChI=1S/C18H19N3O2/c1-23-17-7-5-14(6-8-17)13-21-18(22)9-10-20-16-4-2-3-15(11-16)12-19/h2-8,11,20H,9-10,13H2,1H3,(H,21,22). The first-order valence-corrected chi connectivity index (χ1v) is 7.35. The van der Waals surface area contributed by atoms with Crippen LogP contribution in [-0.4, -0.2) is 19.6 Å². The molecule has 0 radical (unpaired) electrons. The van der Waals surface area contributed by atoms with Crippen LogP contribution in [0.2, 0.25) is 0 Å². The summed E-state index contributed by atoms with van der Waals surface area (Å²) >= 11 is 0. The van der Waals surface area contributed by atoms with Crippen molar-refractivity contribution in [3.8, 4) is 11.8 Å². The molecule has 118 valence electrons. The summed E-state index contributed by atoms with van der Waals surface area (Å²) in [6.45, 7) is 1.01. The lowest BCUT2D eigenvalue weighted by Gasteiger charge is -2.08. The molecule has 23 heavy (non-hydrogen) atoms. The molecule has 0 spiro atoms. The maximum absolute atomic E-state index is 11.8. The Morgan fingerprint density at radius 2 is 2.00 bits per heavy atom. The van der Waals surface area contributed by atoms with Crippen molar-refractivity contribution < 1.29 is 9.53 Å². The first kappa shape index (κ1) is 16.4. The van der Waals surface area contributed by atoms with Gasteiger partial charge in [-0.05, 0) is 35.9 Å². The molecule has 0 fully saturated rings. The Morgan fingerprint density at radius 1 is 1.22 bits per heavy atom. The summed E-state index contributed by atoms with van der Waals surface area (Å²) in [7, 11) is 1.62. The normalized spacial score (nSPS) is 9.74. The molecule has 2 aromatic rings. The fourth-order valence-electron chi connectivity index (χ4n) is 2.05. The van der Waals surface area contributed by atoms with Gasteiger partial charge in [-0.1, -0.05) is 18.2 Å². The number of hydrogen-bond donors (Lipinski definition) is 2. The molecule has 0 unspecified atom stereocenters. The molecular formula is C18H19N3O2. The van der Waals surface area contributed by atoms with Crippen molar-refractivity contribution in [2.75, 3.05) is 19.0 Å². The lowest BCUT2D eigenvalue weighted by atomic mass is 10.2. The van der Waals surface area contributed by atoms with Crippen LogP contribution in [0, 0.1) is 11.3 Å². The summed E-state index contributed by atoms with van der Waals surface area (Å²) in [5, 5.41) is 14.8. The maximum atomic E-state index is 11.8. The van der Waals surface area contributed by atoms with E-state index in [1.807, 2.05) is 36.4 Å². The van der Waals surface area contributed by atoms with Crippen molar-refractivity contribution in [3.63, 3.8) is 0 Å². The molecule has 0 saturated heterocycles. The highest BCUT2D eigenvalue weighted by atomic mass is 16.5. The Balaban J connectivity index is 1.71. The highest BCUT2D eigenvalue weighted by Crippen LogP contribution is 2.11. The summed E-state index contributed by atoms with van der Waals surface area (Å²) in [6, 6.07) is 16.8. The van der Waals surface area contributed by atoms with Crippen molar-refractivity contribution in [2.45, 2.75) is 13.0 Å². The van der Waals surface area contributed by atoms with Crippen LogP contribution in [0.15, 0.2) is 48.5 Å². The highest BCUT2D eigenvalue weighted by molar-refractivity contribution is 5.76. The number of amides is 1. The third-order valence-electron chi connectivity index (χ3n) is 3.32. The van der Waals surface area contributed by atoms with Gasteiger partial charge in [-0.3, -0.25) is 4.79 Å². The third kappa shape index (κ3) is 5.36. The summed E-state index contributed by atoms with van der Waals surface area (Å²) in [6.07, 6.45) is 0.368. The van der Waals surface area contributed by atoms with E-state index in [-0.39, 0.29) is 5.91 Å². The van der Waals surface area contributed by atoms with Crippen molar-refractivity contribution in [1.29, 1.82) is 5.26 Å². The van der Waals surface area contributed by atoms with Crippen LogP contribution in [0.25, 0.3) is 0 Å². The first-order valence-electron chi connectivity index (χ1n) is 7.35. The van der Waals surface area contributed by atoms with E-state index >= 15 is 0 Å². The van der Waals surface area contributed by atoms with Crippen molar-refractivity contribution in [1.82, 2.24) is 5.32 Å². The molecule has 2 aromatic carbocycles. The van der Waals surface area contributed by atoms with E-state index in [4.69, 9.17) is 10.00 Å². The van der Waals surface area contributed by atoms with Gasteiger partial charge in [-0.25, -0.2) is 0 Å². The van der Waals surface area contributed by atoms with Gasteiger partial charge in [0.1, 0.15) is 5.75 Å². The zero-order valence-electron chi connectivity index (χ0n) is 13.0.